The number of rotatable bonds is 6. The highest BCUT2D eigenvalue weighted by atomic mass is 16.7. The monoisotopic (exact) mass is 398 g/mol. The van der Waals surface area contributed by atoms with E-state index in [1.54, 1.807) is 38.3 Å². The van der Waals surface area contributed by atoms with E-state index in [0.29, 0.717) is 23.6 Å². The summed E-state index contributed by atoms with van der Waals surface area (Å²) in [6, 6.07) is 14.2. The fourth-order valence-corrected chi connectivity index (χ4v) is 3.79. The number of methoxy groups -OCH3 is 2. The Morgan fingerprint density at radius 2 is 1.72 bits per heavy atom. The average molecular weight is 398 g/mol. The van der Waals surface area contributed by atoms with E-state index in [-0.39, 0.29) is 18.2 Å². The zero-order valence-electron chi connectivity index (χ0n) is 17.1. The lowest BCUT2D eigenvalue weighted by atomic mass is 9.82. The van der Waals surface area contributed by atoms with Crippen LogP contribution < -0.4 is 14.4 Å². The van der Waals surface area contributed by atoms with Crippen LogP contribution in [0.4, 0.5) is 5.69 Å². The molecule has 0 saturated carbocycles. The molecule has 2 unspecified atom stereocenters. The van der Waals surface area contributed by atoms with Crippen LogP contribution in [0.15, 0.2) is 48.5 Å². The van der Waals surface area contributed by atoms with Gasteiger partial charge in [0, 0.05) is 24.7 Å². The molecule has 0 bridgehead atoms. The van der Waals surface area contributed by atoms with E-state index in [1.807, 2.05) is 36.4 Å². The molecule has 7 nitrogen and oxygen atoms in total. The minimum Gasteiger partial charge on any atom is -0.497 e. The van der Waals surface area contributed by atoms with Gasteiger partial charge in [0.25, 0.3) is 5.91 Å². The van der Waals surface area contributed by atoms with E-state index in [9.17, 15) is 9.59 Å². The lowest BCUT2D eigenvalue weighted by molar-refractivity contribution is -0.175. The molecule has 2 aromatic rings. The molecule has 0 spiro atoms. The Morgan fingerprint density at radius 3 is 2.34 bits per heavy atom. The van der Waals surface area contributed by atoms with E-state index in [0.717, 1.165) is 5.56 Å². The average Bonchev–Trinajstić information content (AvgIpc) is 2.77. The lowest BCUT2D eigenvalue weighted by Crippen LogP contribution is -2.48. The summed E-state index contributed by atoms with van der Waals surface area (Å²) in [5, 5.41) is 1.22. The third-order valence-corrected chi connectivity index (χ3v) is 5.31. The molecule has 2 atom stereocenters. The molecule has 1 heterocycles. The van der Waals surface area contributed by atoms with Crippen molar-refractivity contribution in [3.05, 3.63) is 54.1 Å². The molecular weight excluding hydrogens is 372 g/mol. The number of para-hydroxylation sites is 1. The molecule has 1 aliphatic rings. The van der Waals surface area contributed by atoms with Crippen molar-refractivity contribution in [3.8, 4) is 11.5 Å². The topological polar surface area (TPSA) is 68.3 Å². The third-order valence-electron chi connectivity index (χ3n) is 5.31. The highest BCUT2D eigenvalue weighted by Crippen LogP contribution is 2.43. The van der Waals surface area contributed by atoms with Gasteiger partial charge in [-0.2, -0.15) is 0 Å². The first kappa shape index (κ1) is 20.7. The van der Waals surface area contributed by atoms with Crippen molar-refractivity contribution in [2.45, 2.75) is 18.9 Å². The Balaban J connectivity index is 2.13. The molecule has 1 fully saturated rings. The normalized spacial score (nSPS) is 19.0. The first-order valence-electron chi connectivity index (χ1n) is 9.42. The Bertz CT molecular complexity index is 868. The van der Waals surface area contributed by atoms with Crippen molar-refractivity contribution in [2.24, 2.45) is 5.92 Å². The SMILES string of the molecule is COc1ccc(N2C(=O)CCC(C(=O)N(C)OC)C2c2ccccc2OC)cc1. The lowest BCUT2D eigenvalue weighted by Gasteiger charge is -2.42. The highest BCUT2D eigenvalue weighted by molar-refractivity contribution is 5.97. The van der Waals surface area contributed by atoms with Gasteiger partial charge in [-0.05, 0) is 36.8 Å². The standard InChI is InChI=1S/C22H26N2O5/c1-23(29-4)22(26)18-13-14-20(25)24(15-9-11-16(27-2)12-10-15)21(18)17-7-5-6-8-19(17)28-3/h5-12,18,21H,13-14H2,1-4H3. The summed E-state index contributed by atoms with van der Waals surface area (Å²) in [6.07, 6.45) is 0.701. The van der Waals surface area contributed by atoms with Gasteiger partial charge in [-0.25, -0.2) is 5.06 Å². The largest absolute Gasteiger partial charge is 0.497 e. The number of benzene rings is 2. The first-order valence-corrected chi connectivity index (χ1v) is 9.42. The molecule has 7 heteroatoms. The van der Waals surface area contributed by atoms with Crippen LogP contribution in [0.3, 0.4) is 0 Å². The summed E-state index contributed by atoms with van der Waals surface area (Å²) in [5.74, 6) is 0.614. The molecule has 2 amide bonds. The molecular formula is C22H26N2O5. The number of piperidine rings is 1. The van der Waals surface area contributed by atoms with Gasteiger partial charge >= 0.3 is 0 Å². The van der Waals surface area contributed by atoms with Gasteiger partial charge in [0.2, 0.25) is 5.91 Å². The van der Waals surface area contributed by atoms with Crippen molar-refractivity contribution < 1.29 is 23.9 Å². The summed E-state index contributed by atoms with van der Waals surface area (Å²) >= 11 is 0. The quantitative estimate of drug-likeness (QED) is 0.699. The Hall–Kier alpha value is -3.06. The van der Waals surface area contributed by atoms with Crippen LogP contribution in [0.1, 0.15) is 24.4 Å². The fraction of sp³-hybridized carbons (Fsp3) is 0.364. The van der Waals surface area contributed by atoms with Gasteiger partial charge < -0.3 is 14.4 Å². The van der Waals surface area contributed by atoms with Crippen molar-refractivity contribution in [3.63, 3.8) is 0 Å². The van der Waals surface area contributed by atoms with E-state index in [4.69, 9.17) is 14.3 Å². The molecule has 0 aliphatic carbocycles. The minimum absolute atomic E-state index is 0.0461. The van der Waals surface area contributed by atoms with E-state index in [1.165, 1.54) is 12.2 Å². The molecule has 0 aromatic heterocycles. The van der Waals surface area contributed by atoms with Crippen LogP contribution >= 0.6 is 0 Å². The first-order chi connectivity index (χ1) is 14.0. The van der Waals surface area contributed by atoms with Crippen molar-refractivity contribution in [1.29, 1.82) is 0 Å². The number of amides is 2. The van der Waals surface area contributed by atoms with Gasteiger partial charge in [-0.15, -0.1) is 0 Å². The van der Waals surface area contributed by atoms with Crippen molar-refractivity contribution >= 4 is 17.5 Å². The van der Waals surface area contributed by atoms with Gasteiger partial charge in [-0.1, -0.05) is 18.2 Å². The number of ether oxygens (including phenoxy) is 2. The summed E-state index contributed by atoms with van der Waals surface area (Å²) in [7, 11) is 6.20. The summed E-state index contributed by atoms with van der Waals surface area (Å²) in [5.41, 5.74) is 1.48. The fourth-order valence-electron chi connectivity index (χ4n) is 3.79. The summed E-state index contributed by atoms with van der Waals surface area (Å²) in [4.78, 5) is 33.0. The second-order valence-corrected chi connectivity index (χ2v) is 6.81. The molecule has 1 saturated heterocycles. The molecule has 2 aromatic carbocycles. The maximum Gasteiger partial charge on any atom is 0.251 e. The molecule has 3 rings (SSSR count). The number of anilines is 1. The Kier molecular flexibility index (Phi) is 6.39. The zero-order valence-corrected chi connectivity index (χ0v) is 17.1. The van der Waals surface area contributed by atoms with Crippen LogP contribution in [-0.2, 0) is 14.4 Å². The number of nitrogens with zero attached hydrogens (tertiary/aromatic N) is 2. The van der Waals surface area contributed by atoms with E-state index in [2.05, 4.69) is 0 Å². The van der Waals surface area contributed by atoms with Gasteiger partial charge in [0.15, 0.2) is 0 Å². The van der Waals surface area contributed by atoms with Crippen LogP contribution in [0.25, 0.3) is 0 Å². The van der Waals surface area contributed by atoms with Gasteiger partial charge in [0.05, 0.1) is 33.3 Å². The summed E-state index contributed by atoms with van der Waals surface area (Å²) < 4.78 is 10.8. The van der Waals surface area contributed by atoms with Crippen molar-refractivity contribution in [2.75, 3.05) is 33.3 Å². The molecule has 1 aliphatic heterocycles. The second-order valence-electron chi connectivity index (χ2n) is 6.81. The van der Waals surface area contributed by atoms with Crippen LogP contribution in [0.2, 0.25) is 0 Å². The molecule has 0 N–H and O–H groups in total. The van der Waals surface area contributed by atoms with Crippen molar-refractivity contribution in [1.82, 2.24) is 5.06 Å². The molecule has 29 heavy (non-hydrogen) atoms. The number of hydrogen-bond acceptors (Lipinski definition) is 5. The second kappa shape index (κ2) is 8.96. The highest BCUT2D eigenvalue weighted by Gasteiger charge is 2.43. The zero-order chi connectivity index (χ0) is 21.0. The smallest absolute Gasteiger partial charge is 0.251 e. The number of hydroxylamine groups is 2. The van der Waals surface area contributed by atoms with Gasteiger partial charge in [-0.3, -0.25) is 14.4 Å². The Labute approximate surface area is 170 Å². The summed E-state index contributed by atoms with van der Waals surface area (Å²) in [6.45, 7) is 0. The molecule has 0 radical (unpaired) electrons. The van der Waals surface area contributed by atoms with E-state index >= 15 is 0 Å². The minimum atomic E-state index is -0.522. The number of carbonyl (C=O) groups is 2. The number of carbonyl (C=O) groups excluding carboxylic acids is 2. The van der Waals surface area contributed by atoms with Crippen LogP contribution in [-0.4, -0.2) is 45.3 Å². The third kappa shape index (κ3) is 4.05. The van der Waals surface area contributed by atoms with Gasteiger partial charge in [0.1, 0.15) is 11.5 Å². The maximum absolute atomic E-state index is 13.1. The predicted molar refractivity (Wildman–Crippen MR) is 109 cm³/mol. The Morgan fingerprint density at radius 1 is 1.03 bits per heavy atom. The number of hydrogen-bond donors (Lipinski definition) is 0. The van der Waals surface area contributed by atoms with Crippen LogP contribution in [0, 0.1) is 5.92 Å². The molecule has 154 valence electrons. The predicted octanol–water partition coefficient (Wildman–Crippen LogP) is 3.21. The van der Waals surface area contributed by atoms with E-state index < -0.39 is 12.0 Å². The van der Waals surface area contributed by atoms with Crippen LogP contribution in [0.5, 0.6) is 11.5 Å². The maximum atomic E-state index is 13.1.